The predicted octanol–water partition coefficient (Wildman–Crippen LogP) is 2.79. The molecule has 7 nitrogen and oxygen atoms in total. The normalized spacial score (nSPS) is 10.6. The maximum atomic E-state index is 12.2. The number of methoxy groups -OCH3 is 3. The van der Waals surface area contributed by atoms with Crippen LogP contribution in [0.5, 0.6) is 23.0 Å². The SMILES string of the molecule is COc1cc(OC)cc(C(=O)N/N=C/c2cc(I)c(O)c(OC)c2)c1. The van der Waals surface area contributed by atoms with Crippen molar-refractivity contribution in [2.24, 2.45) is 5.10 Å². The summed E-state index contributed by atoms with van der Waals surface area (Å²) in [5, 5.41) is 13.7. The van der Waals surface area contributed by atoms with E-state index >= 15 is 0 Å². The van der Waals surface area contributed by atoms with Gasteiger partial charge in [0.2, 0.25) is 0 Å². The number of aromatic hydroxyl groups is 1. The molecule has 0 aliphatic rings. The van der Waals surface area contributed by atoms with Gasteiger partial charge in [0.15, 0.2) is 11.5 Å². The maximum absolute atomic E-state index is 12.2. The summed E-state index contributed by atoms with van der Waals surface area (Å²) in [4.78, 5) is 12.2. The minimum atomic E-state index is -0.408. The molecule has 0 saturated carbocycles. The fraction of sp³-hybridized carbons (Fsp3) is 0.176. The van der Waals surface area contributed by atoms with E-state index < -0.39 is 5.91 Å². The Labute approximate surface area is 158 Å². The minimum Gasteiger partial charge on any atom is -0.504 e. The highest BCUT2D eigenvalue weighted by Crippen LogP contribution is 2.31. The Morgan fingerprint density at radius 1 is 1.08 bits per heavy atom. The average molecular weight is 456 g/mol. The largest absolute Gasteiger partial charge is 0.504 e. The van der Waals surface area contributed by atoms with Crippen molar-refractivity contribution in [3.05, 3.63) is 45.0 Å². The van der Waals surface area contributed by atoms with Crippen molar-refractivity contribution in [1.29, 1.82) is 0 Å². The van der Waals surface area contributed by atoms with Crippen LogP contribution in [-0.4, -0.2) is 38.6 Å². The van der Waals surface area contributed by atoms with E-state index in [4.69, 9.17) is 14.2 Å². The molecule has 8 heteroatoms. The van der Waals surface area contributed by atoms with Crippen LogP contribution in [-0.2, 0) is 0 Å². The molecule has 0 aliphatic carbocycles. The van der Waals surface area contributed by atoms with Crippen LogP contribution in [0.4, 0.5) is 0 Å². The third-order valence-corrected chi connectivity index (χ3v) is 4.09. The Bertz CT molecular complexity index is 786. The first-order valence-electron chi connectivity index (χ1n) is 7.11. The second-order valence-electron chi connectivity index (χ2n) is 4.85. The van der Waals surface area contributed by atoms with Gasteiger partial charge < -0.3 is 19.3 Å². The third kappa shape index (κ3) is 4.75. The van der Waals surface area contributed by atoms with Crippen LogP contribution in [0.1, 0.15) is 15.9 Å². The van der Waals surface area contributed by atoms with Crippen molar-refractivity contribution in [2.45, 2.75) is 0 Å². The predicted molar refractivity (Wildman–Crippen MR) is 102 cm³/mol. The first kappa shape index (κ1) is 18.8. The fourth-order valence-corrected chi connectivity index (χ4v) is 2.62. The summed E-state index contributed by atoms with van der Waals surface area (Å²) in [5.41, 5.74) is 3.46. The van der Waals surface area contributed by atoms with Crippen molar-refractivity contribution in [3.8, 4) is 23.0 Å². The molecular formula is C17H17IN2O5. The molecule has 0 bridgehead atoms. The second-order valence-corrected chi connectivity index (χ2v) is 6.02. The smallest absolute Gasteiger partial charge is 0.271 e. The van der Waals surface area contributed by atoms with Crippen LogP contribution in [0.15, 0.2) is 35.4 Å². The molecule has 0 spiro atoms. The summed E-state index contributed by atoms with van der Waals surface area (Å²) in [6.07, 6.45) is 1.46. The molecule has 132 valence electrons. The number of hydrogen-bond acceptors (Lipinski definition) is 6. The first-order chi connectivity index (χ1) is 12.0. The van der Waals surface area contributed by atoms with Gasteiger partial charge in [0.25, 0.3) is 5.91 Å². The van der Waals surface area contributed by atoms with Crippen molar-refractivity contribution in [1.82, 2.24) is 5.43 Å². The number of halogens is 1. The highest BCUT2D eigenvalue weighted by atomic mass is 127. The van der Waals surface area contributed by atoms with Crippen LogP contribution in [0.2, 0.25) is 0 Å². The monoisotopic (exact) mass is 456 g/mol. The topological polar surface area (TPSA) is 89.4 Å². The molecule has 2 rings (SSSR count). The Hall–Kier alpha value is -2.49. The second kappa shape index (κ2) is 8.56. The van der Waals surface area contributed by atoms with Gasteiger partial charge in [-0.05, 0) is 52.4 Å². The maximum Gasteiger partial charge on any atom is 0.271 e. The highest BCUT2D eigenvalue weighted by molar-refractivity contribution is 14.1. The van der Waals surface area contributed by atoms with Crippen LogP contribution in [0.3, 0.4) is 0 Å². The van der Waals surface area contributed by atoms with Crippen molar-refractivity contribution >= 4 is 34.7 Å². The molecule has 0 saturated heterocycles. The first-order valence-corrected chi connectivity index (χ1v) is 8.19. The van der Waals surface area contributed by atoms with Gasteiger partial charge in [0, 0.05) is 11.6 Å². The van der Waals surface area contributed by atoms with E-state index in [0.29, 0.717) is 31.9 Å². The molecule has 0 heterocycles. The zero-order valence-corrected chi connectivity index (χ0v) is 16.0. The summed E-state index contributed by atoms with van der Waals surface area (Å²) in [5.74, 6) is 0.997. The van der Waals surface area contributed by atoms with E-state index in [1.54, 1.807) is 30.3 Å². The minimum absolute atomic E-state index is 0.0627. The number of nitrogens with zero attached hydrogens (tertiary/aromatic N) is 1. The molecule has 2 N–H and O–H groups in total. The molecule has 0 unspecified atom stereocenters. The van der Waals surface area contributed by atoms with Gasteiger partial charge in [-0.25, -0.2) is 5.43 Å². The van der Waals surface area contributed by atoms with E-state index in [-0.39, 0.29) is 5.75 Å². The number of carbonyl (C=O) groups is 1. The van der Waals surface area contributed by atoms with E-state index in [9.17, 15) is 9.90 Å². The van der Waals surface area contributed by atoms with E-state index in [1.165, 1.54) is 27.5 Å². The lowest BCUT2D eigenvalue weighted by Gasteiger charge is -2.08. The Morgan fingerprint density at radius 3 is 2.28 bits per heavy atom. The number of hydrogen-bond donors (Lipinski definition) is 2. The molecule has 0 aliphatic heterocycles. The Balaban J connectivity index is 2.14. The van der Waals surface area contributed by atoms with Gasteiger partial charge in [-0.1, -0.05) is 0 Å². The van der Waals surface area contributed by atoms with Crippen LogP contribution in [0.25, 0.3) is 0 Å². The van der Waals surface area contributed by atoms with Gasteiger partial charge in [-0.2, -0.15) is 5.10 Å². The molecule has 1 amide bonds. The summed E-state index contributed by atoms with van der Waals surface area (Å²) in [7, 11) is 4.48. The lowest BCUT2D eigenvalue weighted by molar-refractivity contribution is 0.0954. The van der Waals surface area contributed by atoms with Gasteiger partial charge in [-0.3, -0.25) is 4.79 Å². The molecule has 0 aromatic heterocycles. The number of phenols is 1. The molecule has 0 atom stereocenters. The Morgan fingerprint density at radius 2 is 1.72 bits per heavy atom. The molecule has 0 fully saturated rings. The highest BCUT2D eigenvalue weighted by Gasteiger charge is 2.10. The summed E-state index contributed by atoms with van der Waals surface area (Å²) < 4.78 is 16.0. The van der Waals surface area contributed by atoms with Gasteiger partial charge in [0.1, 0.15) is 11.5 Å². The summed E-state index contributed by atoms with van der Waals surface area (Å²) >= 11 is 1.98. The van der Waals surface area contributed by atoms with E-state index in [1.807, 2.05) is 22.6 Å². The molecule has 25 heavy (non-hydrogen) atoms. The Kier molecular flexibility index (Phi) is 6.45. The quantitative estimate of drug-likeness (QED) is 0.397. The van der Waals surface area contributed by atoms with Gasteiger partial charge in [-0.15, -0.1) is 0 Å². The lowest BCUT2D eigenvalue weighted by atomic mass is 10.2. The molecular weight excluding hydrogens is 439 g/mol. The number of ether oxygens (including phenoxy) is 3. The van der Waals surface area contributed by atoms with Crippen molar-refractivity contribution < 1.29 is 24.1 Å². The molecule has 0 radical (unpaired) electrons. The number of benzene rings is 2. The summed E-state index contributed by atoms with van der Waals surface area (Å²) in [6, 6.07) is 8.16. The van der Waals surface area contributed by atoms with Crippen molar-refractivity contribution in [2.75, 3.05) is 21.3 Å². The number of carbonyl (C=O) groups excluding carboxylic acids is 1. The number of rotatable bonds is 6. The zero-order chi connectivity index (χ0) is 18.4. The van der Waals surface area contributed by atoms with E-state index in [0.717, 1.165) is 0 Å². The number of nitrogens with one attached hydrogen (secondary N) is 1. The average Bonchev–Trinajstić information content (AvgIpc) is 2.63. The zero-order valence-electron chi connectivity index (χ0n) is 13.9. The number of hydrazone groups is 1. The summed E-state index contributed by atoms with van der Waals surface area (Å²) in [6.45, 7) is 0. The standard InChI is InChI=1S/C17H17IN2O5/c1-23-12-6-11(7-13(8-12)24-2)17(22)20-19-9-10-4-14(18)16(21)15(5-10)25-3/h4-9,21H,1-3H3,(H,20,22)/b19-9+. The molecule has 2 aromatic carbocycles. The third-order valence-electron chi connectivity index (χ3n) is 3.26. The van der Waals surface area contributed by atoms with Crippen LogP contribution >= 0.6 is 22.6 Å². The fourth-order valence-electron chi connectivity index (χ4n) is 1.99. The van der Waals surface area contributed by atoms with Gasteiger partial charge in [0.05, 0.1) is 31.1 Å². The van der Waals surface area contributed by atoms with Crippen LogP contribution in [0, 0.1) is 3.57 Å². The lowest BCUT2D eigenvalue weighted by Crippen LogP contribution is -2.17. The number of amides is 1. The number of phenolic OH excluding ortho intramolecular Hbond substituents is 1. The molecule has 2 aromatic rings. The van der Waals surface area contributed by atoms with Crippen molar-refractivity contribution in [3.63, 3.8) is 0 Å². The van der Waals surface area contributed by atoms with E-state index in [2.05, 4.69) is 10.5 Å². The van der Waals surface area contributed by atoms with Gasteiger partial charge >= 0.3 is 0 Å². The van der Waals surface area contributed by atoms with Crippen LogP contribution < -0.4 is 19.6 Å².